The minimum atomic E-state index is -1.24. The number of hydrogen-bond donors (Lipinski definition) is 0. The van der Waals surface area contributed by atoms with Gasteiger partial charge in [0, 0.05) is 21.8 Å². The Hall–Kier alpha value is -1.94. The van der Waals surface area contributed by atoms with Gasteiger partial charge in [0.2, 0.25) is 0 Å². The summed E-state index contributed by atoms with van der Waals surface area (Å²) in [4.78, 5) is 13.4. The summed E-state index contributed by atoms with van der Waals surface area (Å²) in [5.41, 5.74) is 2.68. The summed E-state index contributed by atoms with van der Waals surface area (Å²) < 4.78 is 18.0. The van der Waals surface area contributed by atoms with Crippen molar-refractivity contribution in [2.45, 2.75) is 29.6 Å². The van der Waals surface area contributed by atoms with Crippen LogP contribution in [0.3, 0.4) is 0 Å². The van der Waals surface area contributed by atoms with Crippen LogP contribution in [0.2, 0.25) is 0 Å². The van der Waals surface area contributed by atoms with Gasteiger partial charge in [0.25, 0.3) is 0 Å². The highest BCUT2D eigenvalue weighted by molar-refractivity contribution is 7.85. The van der Waals surface area contributed by atoms with Crippen molar-refractivity contribution < 1.29 is 13.7 Å². The maximum absolute atomic E-state index is 12.7. The maximum Gasteiger partial charge on any atom is 0.162 e. The van der Waals surface area contributed by atoms with Gasteiger partial charge in [-0.05, 0) is 41.8 Å². The van der Waals surface area contributed by atoms with E-state index in [1.807, 2.05) is 37.3 Å². The third kappa shape index (κ3) is 2.40. The Morgan fingerprint density at radius 2 is 1.95 bits per heavy atom. The molecule has 1 aliphatic heterocycles. The number of Topliss-reactive ketones (excluding diaryl/α,β-unsaturated/α-hetero) is 1. The summed E-state index contributed by atoms with van der Waals surface area (Å²) in [5, 5.41) is 0. The number of carbonyl (C=O) groups excluding carboxylic acids is 1. The number of carbonyl (C=O) groups is 1. The molecule has 21 heavy (non-hydrogen) atoms. The number of fused-ring (bicyclic) bond motifs is 2. The fourth-order valence-electron chi connectivity index (χ4n) is 2.58. The van der Waals surface area contributed by atoms with Crippen LogP contribution in [0.1, 0.15) is 34.8 Å². The first-order valence-corrected chi connectivity index (χ1v) is 8.04. The van der Waals surface area contributed by atoms with E-state index >= 15 is 0 Å². The zero-order valence-corrected chi connectivity index (χ0v) is 12.8. The lowest BCUT2D eigenvalue weighted by atomic mass is 10.0. The highest BCUT2D eigenvalue weighted by Gasteiger charge is 2.23. The van der Waals surface area contributed by atoms with Crippen LogP contribution in [-0.2, 0) is 17.2 Å². The van der Waals surface area contributed by atoms with Gasteiger partial charge in [-0.1, -0.05) is 19.1 Å². The highest BCUT2D eigenvalue weighted by atomic mass is 32.2. The fourth-order valence-corrected chi connectivity index (χ4v) is 3.99. The average molecular weight is 300 g/mol. The lowest BCUT2D eigenvalue weighted by Gasteiger charge is -2.20. The zero-order chi connectivity index (χ0) is 15.0. The van der Waals surface area contributed by atoms with E-state index in [0.29, 0.717) is 18.4 Å². The predicted octanol–water partition coefficient (Wildman–Crippen LogP) is 3.36. The van der Waals surface area contributed by atoms with Crippen molar-refractivity contribution in [3.05, 3.63) is 53.1 Å². The molecular formula is C17H16O3S. The molecule has 1 heterocycles. The van der Waals surface area contributed by atoms with E-state index in [1.54, 1.807) is 13.2 Å². The van der Waals surface area contributed by atoms with Crippen LogP contribution < -0.4 is 4.74 Å². The normalized spacial score (nSPS) is 16.0. The molecule has 0 spiro atoms. The maximum atomic E-state index is 12.7. The van der Waals surface area contributed by atoms with E-state index in [0.717, 1.165) is 26.7 Å². The van der Waals surface area contributed by atoms with E-state index in [2.05, 4.69) is 0 Å². The van der Waals surface area contributed by atoms with E-state index < -0.39 is 10.8 Å². The molecule has 0 saturated heterocycles. The van der Waals surface area contributed by atoms with Gasteiger partial charge in [-0.3, -0.25) is 4.79 Å². The second-order valence-electron chi connectivity index (χ2n) is 5.02. The molecular weight excluding hydrogens is 284 g/mol. The fraction of sp³-hybridized carbons (Fsp3) is 0.235. The molecule has 2 aromatic carbocycles. The molecule has 0 saturated carbocycles. The van der Waals surface area contributed by atoms with Crippen molar-refractivity contribution in [2.24, 2.45) is 0 Å². The van der Waals surface area contributed by atoms with Crippen LogP contribution in [0, 0.1) is 0 Å². The third-order valence-electron chi connectivity index (χ3n) is 3.76. The molecule has 108 valence electrons. The van der Waals surface area contributed by atoms with Crippen molar-refractivity contribution >= 4 is 16.6 Å². The summed E-state index contributed by atoms with van der Waals surface area (Å²) >= 11 is 0. The molecule has 0 N–H and O–H groups in total. The number of hydrogen-bond acceptors (Lipinski definition) is 3. The number of methoxy groups -OCH3 is 1. The molecule has 1 atom stereocenters. The minimum Gasteiger partial charge on any atom is -0.497 e. The summed E-state index contributed by atoms with van der Waals surface area (Å²) in [7, 11) is 0.386. The molecule has 0 amide bonds. The SMILES string of the molecule is CCC(=O)c1ccc2c(c1)S(=O)c1ccc(OC)cc1C2. The zero-order valence-electron chi connectivity index (χ0n) is 12.0. The van der Waals surface area contributed by atoms with Gasteiger partial charge in [0.05, 0.1) is 17.9 Å². The van der Waals surface area contributed by atoms with Crippen molar-refractivity contribution in [1.29, 1.82) is 0 Å². The first-order valence-electron chi connectivity index (χ1n) is 6.89. The largest absolute Gasteiger partial charge is 0.497 e. The predicted molar refractivity (Wildman–Crippen MR) is 81.5 cm³/mol. The molecule has 0 radical (unpaired) electrons. The molecule has 2 aromatic rings. The summed E-state index contributed by atoms with van der Waals surface area (Å²) in [6, 6.07) is 11.1. The van der Waals surface area contributed by atoms with Gasteiger partial charge < -0.3 is 4.74 Å². The molecule has 0 aromatic heterocycles. The Bertz CT molecular complexity index is 750. The molecule has 3 nitrogen and oxygen atoms in total. The lowest BCUT2D eigenvalue weighted by Crippen LogP contribution is -2.11. The van der Waals surface area contributed by atoms with E-state index in [4.69, 9.17) is 4.74 Å². The third-order valence-corrected chi connectivity index (χ3v) is 5.34. The highest BCUT2D eigenvalue weighted by Crippen LogP contribution is 2.34. The van der Waals surface area contributed by atoms with E-state index in [9.17, 15) is 9.00 Å². The van der Waals surface area contributed by atoms with Crippen LogP contribution in [-0.4, -0.2) is 17.1 Å². The first kappa shape index (κ1) is 14.0. The van der Waals surface area contributed by atoms with Crippen LogP contribution in [0.5, 0.6) is 5.75 Å². The molecule has 3 rings (SSSR count). The van der Waals surface area contributed by atoms with Crippen molar-refractivity contribution in [3.8, 4) is 5.75 Å². The van der Waals surface area contributed by atoms with Gasteiger partial charge >= 0.3 is 0 Å². The van der Waals surface area contributed by atoms with Crippen LogP contribution in [0.25, 0.3) is 0 Å². The number of ether oxygens (including phenoxy) is 1. The van der Waals surface area contributed by atoms with Crippen molar-refractivity contribution in [2.75, 3.05) is 7.11 Å². The minimum absolute atomic E-state index is 0.0790. The average Bonchev–Trinajstić information content (AvgIpc) is 2.53. The van der Waals surface area contributed by atoms with Gasteiger partial charge in [-0.2, -0.15) is 0 Å². The molecule has 1 unspecified atom stereocenters. The Kier molecular flexibility index (Phi) is 3.64. The van der Waals surface area contributed by atoms with E-state index in [1.165, 1.54) is 0 Å². The number of benzene rings is 2. The molecule has 0 fully saturated rings. The first-order chi connectivity index (χ1) is 10.1. The molecule has 1 aliphatic rings. The Morgan fingerprint density at radius 3 is 2.67 bits per heavy atom. The van der Waals surface area contributed by atoms with Crippen LogP contribution in [0.15, 0.2) is 46.2 Å². The monoisotopic (exact) mass is 300 g/mol. The summed E-state index contributed by atoms with van der Waals surface area (Å²) in [6.45, 7) is 1.83. The summed E-state index contributed by atoms with van der Waals surface area (Å²) in [6.07, 6.45) is 1.17. The van der Waals surface area contributed by atoms with Crippen LogP contribution >= 0.6 is 0 Å². The quantitative estimate of drug-likeness (QED) is 0.697. The topological polar surface area (TPSA) is 43.4 Å². The van der Waals surface area contributed by atoms with Gasteiger partial charge in [-0.25, -0.2) is 4.21 Å². The molecule has 0 aliphatic carbocycles. The van der Waals surface area contributed by atoms with Crippen LogP contribution in [0.4, 0.5) is 0 Å². The number of ketones is 1. The Balaban J connectivity index is 2.07. The van der Waals surface area contributed by atoms with Gasteiger partial charge in [0.15, 0.2) is 5.78 Å². The van der Waals surface area contributed by atoms with Gasteiger partial charge in [0.1, 0.15) is 5.75 Å². The Labute approximate surface area is 126 Å². The lowest BCUT2D eigenvalue weighted by molar-refractivity contribution is 0.0988. The molecule has 0 bridgehead atoms. The van der Waals surface area contributed by atoms with Crippen molar-refractivity contribution in [1.82, 2.24) is 0 Å². The Morgan fingerprint density at radius 1 is 1.14 bits per heavy atom. The summed E-state index contributed by atoms with van der Waals surface area (Å²) in [5.74, 6) is 0.849. The standard InChI is InChI=1S/C17H16O3S/c1-3-15(18)11-4-5-12-8-13-9-14(20-2)6-7-16(13)21(19)17(12)10-11/h4-7,9-10H,3,8H2,1-2H3. The van der Waals surface area contributed by atoms with Crippen molar-refractivity contribution in [3.63, 3.8) is 0 Å². The smallest absolute Gasteiger partial charge is 0.162 e. The molecule has 4 heteroatoms. The second kappa shape index (κ2) is 5.45. The second-order valence-corrected chi connectivity index (χ2v) is 6.44. The van der Waals surface area contributed by atoms with Gasteiger partial charge in [-0.15, -0.1) is 0 Å². The number of rotatable bonds is 3. The van der Waals surface area contributed by atoms with E-state index in [-0.39, 0.29) is 5.78 Å².